The number of nitrogens with zero attached hydrogens (tertiary/aromatic N) is 1. The van der Waals surface area contributed by atoms with Gasteiger partial charge in [-0.3, -0.25) is 4.79 Å². The average Bonchev–Trinajstić information content (AvgIpc) is 3.08. The van der Waals surface area contributed by atoms with Crippen molar-refractivity contribution in [3.8, 4) is 22.9 Å². The van der Waals surface area contributed by atoms with Crippen molar-refractivity contribution in [2.75, 3.05) is 32.9 Å². The number of hydrogen-bond acceptors (Lipinski definition) is 6. The largest absolute Gasteiger partial charge is 0.488 e. The van der Waals surface area contributed by atoms with E-state index in [9.17, 15) is 14.4 Å². The Morgan fingerprint density at radius 2 is 2.06 bits per heavy atom. The van der Waals surface area contributed by atoms with E-state index in [1.165, 1.54) is 12.1 Å². The van der Waals surface area contributed by atoms with Gasteiger partial charge in [-0.05, 0) is 53.9 Å². The second-order valence-electron chi connectivity index (χ2n) is 8.81. The minimum Gasteiger partial charge on any atom is -0.488 e. The zero-order valence-electron chi connectivity index (χ0n) is 18.5. The highest BCUT2D eigenvalue weighted by molar-refractivity contribution is 5.82. The molecule has 2 atom stereocenters. The lowest BCUT2D eigenvalue weighted by Gasteiger charge is -2.29. The van der Waals surface area contributed by atoms with Gasteiger partial charge in [0.05, 0.1) is 19.3 Å². The van der Waals surface area contributed by atoms with E-state index in [0.29, 0.717) is 48.8 Å². The van der Waals surface area contributed by atoms with E-state index in [4.69, 9.17) is 14.2 Å². The molecule has 9 heteroatoms. The third-order valence-electron chi connectivity index (χ3n) is 6.46. The molecule has 3 aliphatic heterocycles. The number of nitrogens with one attached hydrogen (secondary N) is 2. The number of fused-ring (bicyclic) bond motifs is 3. The lowest BCUT2D eigenvalue weighted by Crippen LogP contribution is -2.46. The van der Waals surface area contributed by atoms with Crippen LogP contribution in [0.3, 0.4) is 0 Å². The molecule has 2 saturated heterocycles. The number of amides is 1. The fourth-order valence-corrected chi connectivity index (χ4v) is 4.46. The molecule has 1 amide bonds. The Bertz CT molecular complexity index is 1140. The third-order valence-corrected chi connectivity index (χ3v) is 6.46. The van der Waals surface area contributed by atoms with E-state index >= 15 is 4.39 Å². The summed E-state index contributed by atoms with van der Waals surface area (Å²) in [5, 5.41) is 15.3. The van der Waals surface area contributed by atoms with Crippen molar-refractivity contribution in [1.29, 1.82) is 5.26 Å². The lowest BCUT2D eigenvalue weighted by atomic mass is 9.88. The second-order valence-corrected chi connectivity index (χ2v) is 8.81. The summed E-state index contributed by atoms with van der Waals surface area (Å²) >= 11 is 0. The molecule has 2 aromatic carbocycles. The summed E-state index contributed by atoms with van der Waals surface area (Å²) in [6.07, 6.45) is 0.0887. The first kappa shape index (κ1) is 22.7. The number of hydrogen-bond donors (Lipinski definition) is 2. The van der Waals surface area contributed by atoms with Gasteiger partial charge in [0.25, 0.3) is 5.91 Å². The minimum atomic E-state index is -0.929. The number of rotatable bonds is 5. The first-order valence-electron chi connectivity index (χ1n) is 11.4. The Morgan fingerprint density at radius 1 is 1.21 bits per heavy atom. The summed E-state index contributed by atoms with van der Waals surface area (Å²) in [4.78, 5) is 12.5. The van der Waals surface area contributed by atoms with Gasteiger partial charge in [-0.1, -0.05) is 0 Å². The molecule has 0 unspecified atom stereocenters. The lowest BCUT2D eigenvalue weighted by molar-refractivity contribution is -0.132. The maximum atomic E-state index is 15.1. The molecule has 7 nitrogen and oxygen atoms in total. The van der Waals surface area contributed by atoms with E-state index in [1.54, 1.807) is 12.1 Å². The predicted octanol–water partition coefficient (Wildman–Crippen LogP) is 2.57. The van der Waals surface area contributed by atoms with Crippen LogP contribution >= 0.6 is 0 Å². The van der Waals surface area contributed by atoms with Crippen LogP contribution in [0.25, 0.3) is 11.1 Å². The number of nitriles is 1. The monoisotopic (exact) mass is 469 g/mol. The first-order valence-corrected chi connectivity index (χ1v) is 11.4. The Balaban J connectivity index is 1.36. The van der Waals surface area contributed by atoms with Gasteiger partial charge in [-0.25, -0.2) is 8.78 Å². The SMILES string of the molecule is N#C[C@@H](Cc1cc2c(cc1F)-c1cc(C3COC3)c(F)cc1CO2)NC(=O)[C@@H]1CNCCCO1. The molecule has 0 spiro atoms. The van der Waals surface area contributed by atoms with E-state index in [0.717, 1.165) is 18.5 Å². The fraction of sp³-hybridized carbons (Fsp3) is 0.440. The highest BCUT2D eigenvalue weighted by atomic mass is 19.1. The molecule has 34 heavy (non-hydrogen) atoms. The Hall–Kier alpha value is -3.06. The molecule has 2 aromatic rings. The zero-order valence-corrected chi connectivity index (χ0v) is 18.5. The molecule has 0 saturated carbocycles. The van der Waals surface area contributed by atoms with Crippen molar-refractivity contribution in [3.05, 3.63) is 52.6 Å². The van der Waals surface area contributed by atoms with Gasteiger partial charge in [0.15, 0.2) is 0 Å². The molecule has 2 N–H and O–H groups in total. The van der Waals surface area contributed by atoms with Crippen LogP contribution in [-0.4, -0.2) is 51.0 Å². The molecule has 0 radical (unpaired) electrons. The van der Waals surface area contributed by atoms with Crippen molar-refractivity contribution in [3.63, 3.8) is 0 Å². The second kappa shape index (κ2) is 9.66. The van der Waals surface area contributed by atoms with Crippen molar-refractivity contribution in [2.24, 2.45) is 0 Å². The molecule has 3 heterocycles. The average molecular weight is 469 g/mol. The minimum absolute atomic E-state index is 0.00615. The highest BCUT2D eigenvalue weighted by Gasteiger charge is 2.29. The molecular weight excluding hydrogens is 444 g/mol. The van der Waals surface area contributed by atoms with Gasteiger partial charge in [0.1, 0.15) is 36.1 Å². The Kier molecular flexibility index (Phi) is 6.46. The Morgan fingerprint density at radius 3 is 2.82 bits per heavy atom. The Labute approximate surface area is 196 Å². The van der Waals surface area contributed by atoms with Crippen molar-refractivity contribution >= 4 is 5.91 Å². The van der Waals surface area contributed by atoms with Crippen molar-refractivity contribution < 1.29 is 27.8 Å². The third kappa shape index (κ3) is 4.49. The highest BCUT2D eigenvalue weighted by Crippen LogP contribution is 2.42. The predicted molar refractivity (Wildman–Crippen MR) is 118 cm³/mol. The van der Waals surface area contributed by atoms with E-state index < -0.39 is 23.9 Å². The van der Waals surface area contributed by atoms with Crippen LogP contribution in [-0.2, 0) is 27.3 Å². The number of ether oxygens (including phenoxy) is 3. The molecule has 2 fully saturated rings. The first-order chi connectivity index (χ1) is 16.5. The van der Waals surface area contributed by atoms with Crippen molar-refractivity contribution in [2.45, 2.75) is 37.5 Å². The molecule has 0 aliphatic carbocycles. The molecule has 0 bridgehead atoms. The van der Waals surface area contributed by atoms with Gasteiger partial charge < -0.3 is 24.8 Å². The summed E-state index contributed by atoms with van der Waals surface area (Å²) in [6, 6.07) is 7.23. The molecular formula is C25H25F2N3O4. The molecule has 0 aromatic heterocycles. The fourth-order valence-electron chi connectivity index (χ4n) is 4.46. The molecule has 178 valence electrons. The number of halogens is 2. The van der Waals surface area contributed by atoms with E-state index in [-0.39, 0.29) is 30.3 Å². The maximum absolute atomic E-state index is 15.1. The molecule has 3 aliphatic rings. The quantitative estimate of drug-likeness (QED) is 0.700. The van der Waals surface area contributed by atoms with Gasteiger partial charge in [0.2, 0.25) is 0 Å². The summed E-state index contributed by atoms with van der Waals surface area (Å²) in [5.41, 5.74) is 2.74. The van der Waals surface area contributed by atoms with Crippen LogP contribution in [0.4, 0.5) is 8.78 Å². The standard InChI is InChI=1S/C25H25F2N3O4/c26-21-8-20-18-7-19(16-11-32-12-16)22(27)5-15(18)13-34-23(20)6-14(21)4-17(9-28)30-25(31)24-10-29-2-1-3-33-24/h5-8,16-17,24,29H,1-4,10-13H2,(H,30,31)/t17-,24+/m1/s1. The van der Waals surface area contributed by atoms with Gasteiger partial charge in [-0.15, -0.1) is 0 Å². The smallest absolute Gasteiger partial charge is 0.251 e. The van der Waals surface area contributed by atoms with Crippen LogP contribution in [0.2, 0.25) is 0 Å². The van der Waals surface area contributed by atoms with Gasteiger partial charge in [-0.2, -0.15) is 5.26 Å². The van der Waals surface area contributed by atoms with E-state index in [2.05, 4.69) is 10.6 Å². The summed E-state index contributed by atoms with van der Waals surface area (Å²) in [6.45, 7) is 2.68. The summed E-state index contributed by atoms with van der Waals surface area (Å²) in [5.74, 6) is -0.774. The summed E-state index contributed by atoms with van der Waals surface area (Å²) in [7, 11) is 0. The van der Waals surface area contributed by atoms with Gasteiger partial charge in [0, 0.05) is 36.6 Å². The van der Waals surface area contributed by atoms with Crippen LogP contribution in [0.15, 0.2) is 24.3 Å². The topological polar surface area (TPSA) is 92.6 Å². The normalized spacial score (nSPS) is 20.6. The van der Waals surface area contributed by atoms with E-state index in [1.807, 2.05) is 6.07 Å². The zero-order chi connectivity index (χ0) is 23.7. The van der Waals surface area contributed by atoms with Crippen LogP contribution in [0, 0.1) is 23.0 Å². The number of carbonyl (C=O) groups excluding carboxylic acids is 1. The number of carbonyl (C=O) groups is 1. The summed E-state index contributed by atoms with van der Waals surface area (Å²) < 4.78 is 46.2. The van der Waals surface area contributed by atoms with Crippen LogP contribution in [0.1, 0.15) is 29.0 Å². The van der Waals surface area contributed by atoms with Crippen LogP contribution in [0.5, 0.6) is 5.75 Å². The molecule has 5 rings (SSSR count). The van der Waals surface area contributed by atoms with Crippen LogP contribution < -0.4 is 15.4 Å². The van der Waals surface area contributed by atoms with Crippen molar-refractivity contribution in [1.82, 2.24) is 10.6 Å². The maximum Gasteiger partial charge on any atom is 0.251 e. The number of benzene rings is 2. The van der Waals surface area contributed by atoms with Gasteiger partial charge >= 0.3 is 0 Å².